The van der Waals surface area contributed by atoms with Crippen molar-refractivity contribution in [2.24, 2.45) is 4.99 Å². The van der Waals surface area contributed by atoms with Crippen molar-refractivity contribution in [3.8, 4) is 0 Å². The third kappa shape index (κ3) is 6.38. The molecule has 0 bridgehead atoms. The third-order valence-electron chi connectivity index (χ3n) is 3.11. The number of guanidine groups is 1. The first-order chi connectivity index (χ1) is 11.1. The highest BCUT2D eigenvalue weighted by molar-refractivity contribution is 14.0. The molecule has 0 spiro atoms. The Balaban J connectivity index is 0.00000288. The van der Waals surface area contributed by atoms with E-state index in [1.54, 1.807) is 14.0 Å². The van der Waals surface area contributed by atoms with Crippen LogP contribution >= 0.6 is 24.0 Å². The first-order valence-corrected chi connectivity index (χ1v) is 7.26. The van der Waals surface area contributed by atoms with Crippen molar-refractivity contribution in [2.45, 2.75) is 26.3 Å². The molecule has 6 nitrogen and oxygen atoms in total. The van der Waals surface area contributed by atoms with Gasteiger partial charge in [-0.2, -0.15) is 4.98 Å². The summed E-state index contributed by atoms with van der Waals surface area (Å²) in [7, 11) is 1.61. The summed E-state index contributed by atoms with van der Waals surface area (Å²) in [5.74, 6) is 0.786. The van der Waals surface area contributed by atoms with Crippen molar-refractivity contribution in [3.05, 3.63) is 47.1 Å². The van der Waals surface area contributed by atoms with Gasteiger partial charge in [0.25, 0.3) is 0 Å². The van der Waals surface area contributed by atoms with Crippen molar-refractivity contribution in [2.75, 3.05) is 13.6 Å². The van der Waals surface area contributed by atoms with Gasteiger partial charge < -0.3 is 15.2 Å². The zero-order valence-corrected chi connectivity index (χ0v) is 15.8. The summed E-state index contributed by atoms with van der Waals surface area (Å²) >= 11 is 0. The van der Waals surface area contributed by atoms with Crippen molar-refractivity contribution < 1.29 is 13.3 Å². The van der Waals surface area contributed by atoms with E-state index in [4.69, 9.17) is 4.52 Å². The van der Waals surface area contributed by atoms with E-state index < -0.39 is 11.6 Å². The number of rotatable bonds is 6. The van der Waals surface area contributed by atoms with Gasteiger partial charge in [-0.1, -0.05) is 5.16 Å². The Bertz CT molecular complexity index is 678. The van der Waals surface area contributed by atoms with E-state index in [0.717, 1.165) is 24.6 Å². The Morgan fingerprint density at radius 3 is 2.75 bits per heavy atom. The van der Waals surface area contributed by atoms with Crippen molar-refractivity contribution in [3.63, 3.8) is 0 Å². The van der Waals surface area contributed by atoms with E-state index in [1.165, 1.54) is 0 Å². The molecule has 1 aromatic heterocycles. The van der Waals surface area contributed by atoms with Crippen LogP contribution in [0.1, 0.15) is 23.7 Å². The number of aromatic nitrogens is 2. The predicted octanol–water partition coefficient (Wildman–Crippen LogP) is 2.57. The predicted molar refractivity (Wildman–Crippen MR) is 97.3 cm³/mol. The first-order valence-electron chi connectivity index (χ1n) is 7.26. The molecule has 2 rings (SSSR count). The average molecular weight is 451 g/mol. The van der Waals surface area contributed by atoms with Gasteiger partial charge in [-0.3, -0.25) is 4.99 Å². The standard InChI is InChI=1S/C15H19F2N5O.HI/c1-10-21-14(23-22-10)4-3-7-19-15(18-2)20-9-11-8-12(16)5-6-13(11)17;/h5-6,8H,3-4,7,9H2,1-2H3,(H2,18,19,20);1H. The van der Waals surface area contributed by atoms with E-state index in [9.17, 15) is 8.78 Å². The van der Waals surface area contributed by atoms with Crippen molar-refractivity contribution >= 4 is 29.9 Å². The van der Waals surface area contributed by atoms with E-state index in [-0.39, 0.29) is 36.1 Å². The van der Waals surface area contributed by atoms with E-state index in [2.05, 4.69) is 25.8 Å². The van der Waals surface area contributed by atoms with Crippen LogP contribution in [0.25, 0.3) is 0 Å². The van der Waals surface area contributed by atoms with Crippen LogP contribution in [0.5, 0.6) is 0 Å². The normalized spacial score (nSPS) is 11.1. The fourth-order valence-electron chi connectivity index (χ4n) is 1.97. The van der Waals surface area contributed by atoms with Crippen LogP contribution in [0.3, 0.4) is 0 Å². The third-order valence-corrected chi connectivity index (χ3v) is 3.11. The summed E-state index contributed by atoms with van der Waals surface area (Å²) in [5.41, 5.74) is 0.245. The summed E-state index contributed by atoms with van der Waals surface area (Å²) in [6, 6.07) is 3.35. The lowest BCUT2D eigenvalue weighted by atomic mass is 10.2. The number of halogens is 3. The lowest BCUT2D eigenvalue weighted by Crippen LogP contribution is -2.37. The maximum Gasteiger partial charge on any atom is 0.226 e. The molecule has 24 heavy (non-hydrogen) atoms. The van der Waals surface area contributed by atoms with Gasteiger partial charge in [0.15, 0.2) is 11.8 Å². The minimum atomic E-state index is -0.471. The Morgan fingerprint density at radius 1 is 1.29 bits per heavy atom. The van der Waals surface area contributed by atoms with Crippen LogP contribution in [0.4, 0.5) is 8.78 Å². The molecule has 2 N–H and O–H groups in total. The lowest BCUT2D eigenvalue weighted by molar-refractivity contribution is 0.372. The van der Waals surface area contributed by atoms with Gasteiger partial charge in [0.2, 0.25) is 5.89 Å². The number of hydrogen-bond acceptors (Lipinski definition) is 4. The van der Waals surface area contributed by atoms with Crippen LogP contribution in [0, 0.1) is 18.6 Å². The molecule has 0 atom stereocenters. The number of benzene rings is 1. The average Bonchev–Trinajstić information content (AvgIpc) is 2.95. The molecular formula is C15H20F2IN5O. The maximum atomic E-state index is 13.5. The molecule has 0 aliphatic carbocycles. The highest BCUT2D eigenvalue weighted by Gasteiger charge is 2.06. The zero-order chi connectivity index (χ0) is 16.7. The molecule has 132 valence electrons. The lowest BCUT2D eigenvalue weighted by Gasteiger charge is -2.12. The molecule has 0 saturated carbocycles. The monoisotopic (exact) mass is 451 g/mol. The topological polar surface area (TPSA) is 75.3 Å². The van der Waals surface area contributed by atoms with Gasteiger partial charge >= 0.3 is 0 Å². The highest BCUT2D eigenvalue weighted by atomic mass is 127. The van der Waals surface area contributed by atoms with Crippen molar-refractivity contribution in [1.82, 2.24) is 20.8 Å². The molecule has 1 heterocycles. The van der Waals surface area contributed by atoms with Crippen LogP contribution in [0.2, 0.25) is 0 Å². The van der Waals surface area contributed by atoms with Gasteiger partial charge in [0, 0.05) is 32.1 Å². The summed E-state index contributed by atoms with van der Waals surface area (Å²) in [6.45, 7) is 2.54. The number of nitrogens with zero attached hydrogens (tertiary/aromatic N) is 3. The zero-order valence-electron chi connectivity index (χ0n) is 13.5. The number of aryl methyl sites for hydroxylation is 2. The SMILES string of the molecule is CN=C(NCCCc1nc(C)no1)NCc1cc(F)ccc1F.I. The molecule has 0 aliphatic heterocycles. The summed E-state index contributed by atoms with van der Waals surface area (Å²) < 4.78 is 31.7. The first kappa shape index (κ1) is 20.3. The maximum absolute atomic E-state index is 13.5. The Labute approximate surface area is 156 Å². The molecule has 0 unspecified atom stereocenters. The molecule has 0 saturated heterocycles. The second-order valence-electron chi connectivity index (χ2n) is 4.93. The molecule has 2 aromatic rings. The molecule has 0 radical (unpaired) electrons. The van der Waals surface area contributed by atoms with Crippen LogP contribution in [0.15, 0.2) is 27.7 Å². The summed E-state index contributed by atoms with van der Waals surface area (Å²) in [6.07, 6.45) is 1.43. The van der Waals surface area contributed by atoms with Crippen LogP contribution in [-0.4, -0.2) is 29.7 Å². The fraction of sp³-hybridized carbons (Fsp3) is 0.400. The molecule has 9 heteroatoms. The number of nitrogens with one attached hydrogen (secondary N) is 2. The molecular weight excluding hydrogens is 431 g/mol. The second-order valence-corrected chi connectivity index (χ2v) is 4.93. The van der Waals surface area contributed by atoms with Crippen LogP contribution in [-0.2, 0) is 13.0 Å². The Kier molecular flexibility index (Phi) is 8.58. The Hall–Kier alpha value is -1.78. The van der Waals surface area contributed by atoms with E-state index in [1.807, 2.05) is 0 Å². The van der Waals surface area contributed by atoms with Gasteiger partial charge in [-0.25, -0.2) is 8.78 Å². The van der Waals surface area contributed by atoms with E-state index in [0.29, 0.717) is 30.6 Å². The minimum absolute atomic E-state index is 0. The van der Waals surface area contributed by atoms with E-state index >= 15 is 0 Å². The molecule has 0 fully saturated rings. The molecule has 1 aromatic carbocycles. The number of hydrogen-bond donors (Lipinski definition) is 2. The van der Waals surface area contributed by atoms with Gasteiger partial charge in [-0.05, 0) is 31.5 Å². The van der Waals surface area contributed by atoms with Gasteiger partial charge in [0.1, 0.15) is 11.6 Å². The molecule has 0 amide bonds. The summed E-state index contributed by atoms with van der Waals surface area (Å²) in [4.78, 5) is 8.14. The minimum Gasteiger partial charge on any atom is -0.356 e. The summed E-state index contributed by atoms with van der Waals surface area (Å²) in [5, 5.41) is 9.74. The van der Waals surface area contributed by atoms with Crippen molar-refractivity contribution in [1.29, 1.82) is 0 Å². The second kappa shape index (κ2) is 10.2. The fourth-order valence-corrected chi connectivity index (χ4v) is 1.97. The highest BCUT2D eigenvalue weighted by Crippen LogP contribution is 2.09. The van der Waals surface area contributed by atoms with Crippen LogP contribution < -0.4 is 10.6 Å². The smallest absolute Gasteiger partial charge is 0.226 e. The number of aliphatic imine (C=N–C) groups is 1. The van der Waals surface area contributed by atoms with Gasteiger partial charge in [0.05, 0.1) is 0 Å². The Morgan fingerprint density at radius 2 is 2.08 bits per heavy atom. The van der Waals surface area contributed by atoms with Gasteiger partial charge in [-0.15, -0.1) is 24.0 Å². The largest absolute Gasteiger partial charge is 0.356 e. The molecule has 0 aliphatic rings. The quantitative estimate of drug-likeness (QED) is 0.306.